The van der Waals surface area contributed by atoms with Crippen LogP contribution in [0.4, 0.5) is 5.82 Å². The summed E-state index contributed by atoms with van der Waals surface area (Å²) < 4.78 is 1.00. The molecule has 0 bridgehead atoms. The number of aryl methyl sites for hydroxylation is 1. The highest BCUT2D eigenvalue weighted by molar-refractivity contribution is 9.10. The summed E-state index contributed by atoms with van der Waals surface area (Å²) in [4.78, 5) is 4.36. The van der Waals surface area contributed by atoms with Crippen molar-refractivity contribution in [3.05, 3.63) is 58.2 Å². The van der Waals surface area contributed by atoms with Crippen LogP contribution >= 0.6 is 28.1 Å². The zero-order chi connectivity index (χ0) is 17.7. The first kappa shape index (κ1) is 18.3. The van der Waals surface area contributed by atoms with Gasteiger partial charge in [0.25, 0.3) is 0 Å². The molecule has 3 nitrogen and oxygen atoms in total. The highest BCUT2D eigenvalue weighted by Crippen LogP contribution is 2.38. The minimum atomic E-state index is 0.175. The number of hydrogen-bond donors (Lipinski definition) is 2. The van der Waals surface area contributed by atoms with Crippen molar-refractivity contribution in [3.63, 3.8) is 0 Å². The Morgan fingerprint density at radius 1 is 1.20 bits per heavy atom. The molecule has 0 saturated heterocycles. The minimum absolute atomic E-state index is 0.175. The number of hydrogen-bond acceptors (Lipinski definition) is 2. The van der Waals surface area contributed by atoms with Gasteiger partial charge in [-0.25, -0.2) is 4.98 Å². The predicted octanol–water partition coefficient (Wildman–Crippen LogP) is 5.34. The van der Waals surface area contributed by atoms with Gasteiger partial charge in [-0.1, -0.05) is 49.6 Å². The van der Waals surface area contributed by atoms with Gasteiger partial charge in [0.2, 0.25) is 0 Å². The number of nitrogens with zero attached hydrogens (tertiary/aromatic N) is 1. The lowest BCUT2D eigenvalue weighted by atomic mass is 9.69. The summed E-state index contributed by atoms with van der Waals surface area (Å²) in [6.45, 7) is 2.90. The molecule has 0 radical (unpaired) electrons. The predicted molar refractivity (Wildman–Crippen MR) is 112 cm³/mol. The molecule has 1 heterocycles. The summed E-state index contributed by atoms with van der Waals surface area (Å²) in [5, 5.41) is 7.28. The Bertz CT molecular complexity index is 727. The number of pyridine rings is 1. The van der Waals surface area contributed by atoms with Crippen LogP contribution in [0.25, 0.3) is 0 Å². The van der Waals surface area contributed by atoms with Gasteiger partial charge in [-0.3, -0.25) is 0 Å². The molecule has 1 saturated carbocycles. The Balaban J connectivity index is 1.66. The lowest BCUT2D eigenvalue weighted by Gasteiger charge is -2.38. The zero-order valence-electron chi connectivity index (χ0n) is 14.5. The Kier molecular flexibility index (Phi) is 6.07. The molecule has 0 amide bonds. The number of benzene rings is 1. The van der Waals surface area contributed by atoms with Crippen LogP contribution in [0.15, 0.2) is 47.1 Å². The molecule has 2 aromatic rings. The van der Waals surface area contributed by atoms with Crippen molar-refractivity contribution in [2.45, 2.75) is 44.4 Å². The van der Waals surface area contributed by atoms with Crippen molar-refractivity contribution in [2.75, 3.05) is 11.9 Å². The molecule has 1 aliphatic rings. The van der Waals surface area contributed by atoms with Crippen LogP contribution in [-0.4, -0.2) is 16.6 Å². The monoisotopic (exact) mass is 417 g/mol. The summed E-state index contributed by atoms with van der Waals surface area (Å²) in [6.07, 6.45) is 8.12. The standard InChI is InChI=1S/C20H24BrN3S/c1-15-12-18(22-13-17(15)21)24-19(25)23-14-20(10-6-3-7-11-20)16-8-4-2-5-9-16/h2,4-5,8-9,12-13H,3,6-7,10-11,14H2,1H3,(H2,22,23,24,25). The molecule has 0 spiro atoms. The molecule has 1 fully saturated rings. The molecule has 0 aliphatic heterocycles. The lowest BCUT2D eigenvalue weighted by Crippen LogP contribution is -2.43. The number of halogens is 1. The topological polar surface area (TPSA) is 37.0 Å². The van der Waals surface area contributed by atoms with Gasteiger partial charge in [0, 0.05) is 22.6 Å². The van der Waals surface area contributed by atoms with E-state index in [0.29, 0.717) is 5.11 Å². The SMILES string of the molecule is Cc1cc(NC(=S)NCC2(c3ccccc3)CCCCC2)ncc1Br. The van der Waals surface area contributed by atoms with E-state index in [2.05, 4.69) is 61.9 Å². The van der Waals surface area contributed by atoms with Gasteiger partial charge < -0.3 is 10.6 Å². The van der Waals surface area contributed by atoms with Crippen LogP contribution in [0.1, 0.15) is 43.2 Å². The molecule has 0 unspecified atom stereocenters. The zero-order valence-corrected chi connectivity index (χ0v) is 16.9. The number of nitrogens with one attached hydrogen (secondary N) is 2. The second-order valence-corrected chi connectivity index (χ2v) is 8.10. The van der Waals surface area contributed by atoms with E-state index in [1.54, 1.807) is 6.20 Å². The maximum absolute atomic E-state index is 5.51. The number of rotatable bonds is 4. The third kappa shape index (κ3) is 4.59. The maximum Gasteiger partial charge on any atom is 0.171 e. The van der Waals surface area contributed by atoms with Crippen LogP contribution in [0.3, 0.4) is 0 Å². The summed E-state index contributed by atoms with van der Waals surface area (Å²) in [6, 6.07) is 12.9. The molecule has 1 aromatic carbocycles. The second kappa shape index (κ2) is 8.28. The van der Waals surface area contributed by atoms with Gasteiger partial charge in [-0.15, -0.1) is 0 Å². The van der Waals surface area contributed by atoms with Crippen molar-refractivity contribution in [2.24, 2.45) is 0 Å². The molecule has 1 aliphatic carbocycles. The lowest BCUT2D eigenvalue weighted by molar-refractivity contribution is 0.292. The molecule has 1 aromatic heterocycles. The molecule has 5 heteroatoms. The van der Waals surface area contributed by atoms with E-state index in [-0.39, 0.29) is 5.41 Å². The Labute approximate surface area is 163 Å². The van der Waals surface area contributed by atoms with Crippen molar-refractivity contribution < 1.29 is 0 Å². The number of thiocarbonyl (C=S) groups is 1. The molecule has 2 N–H and O–H groups in total. The van der Waals surface area contributed by atoms with Gasteiger partial charge in [0.1, 0.15) is 5.82 Å². The highest BCUT2D eigenvalue weighted by Gasteiger charge is 2.33. The molecule has 132 valence electrons. The smallest absolute Gasteiger partial charge is 0.171 e. The fraction of sp³-hybridized carbons (Fsp3) is 0.400. The summed E-state index contributed by atoms with van der Waals surface area (Å²) in [5.74, 6) is 0.774. The van der Waals surface area contributed by atoms with E-state index in [1.807, 2.05) is 13.0 Å². The molecular weight excluding hydrogens is 394 g/mol. The first-order valence-corrected chi connectivity index (χ1v) is 10.0. The Morgan fingerprint density at radius 2 is 1.92 bits per heavy atom. The second-order valence-electron chi connectivity index (χ2n) is 6.83. The summed E-state index contributed by atoms with van der Waals surface area (Å²) in [7, 11) is 0. The van der Waals surface area contributed by atoms with Crippen LogP contribution in [0.5, 0.6) is 0 Å². The highest BCUT2D eigenvalue weighted by atomic mass is 79.9. The minimum Gasteiger partial charge on any atom is -0.362 e. The average molecular weight is 418 g/mol. The Morgan fingerprint density at radius 3 is 2.60 bits per heavy atom. The first-order chi connectivity index (χ1) is 12.1. The van der Waals surface area contributed by atoms with E-state index in [0.717, 1.165) is 22.4 Å². The van der Waals surface area contributed by atoms with Crippen molar-refractivity contribution >= 4 is 39.1 Å². The number of aromatic nitrogens is 1. The third-order valence-corrected chi connectivity index (χ3v) is 6.15. The maximum atomic E-state index is 5.51. The van der Waals surface area contributed by atoms with Crippen LogP contribution in [0, 0.1) is 6.92 Å². The molecular formula is C20H24BrN3S. The summed E-state index contributed by atoms with van der Waals surface area (Å²) >= 11 is 8.98. The summed E-state index contributed by atoms with van der Waals surface area (Å²) in [5.41, 5.74) is 2.73. The van der Waals surface area contributed by atoms with Crippen LogP contribution in [0.2, 0.25) is 0 Å². The van der Waals surface area contributed by atoms with E-state index in [4.69, 9.17) is 12.2 Å². The Hall–Kier alpha value is -1.46. The van der Waals surface area contributed by atoms with E-state index < -0.39 is 0 Å². The molecule has 25 heavy (non-hydrogen) atoms. The quantitative estimate of drug-likeness (QED) is 0.658. The fourth-order valence-corrected chi connectivity index (χ4v) is 4.00. The number of anilines is 1. The third-order valence-electron chi connectivity index (χ3n) is 5.07. The van der Waals surface area contributed by atoms with Gasteiger partial charge in [-0.05, 0) is 65.1 Å². The van der Waals surface area contributed by atoms with Crippen molar-refractivity contribution in [1.82, 2.24) is 10.3 Å². The van der Waals surface area contributed by atoms with Crippen molar-refractivity contribution in [1.29, 1.82) is 0 Å². The first-order valence-electron chi connectivity index (χ1n) is 8.82. The van der Waals surface area contributed by atoms with Crippen molar-refractivity contribution in [3.8, 4) is 0 Å². The molecule has 3 rings (SSSR count). The molecule has 0 atom stereocenters. The van der Waals surface area contributed by atoms with E-state index in [9.17, 15) is 0 Å². The average Bonchev–Trinajstić information content (AvgIpc) is 2.65. The van der Waals surface area contributed by atoms with Gasteiger partial charge >= 0.3 is 0 Å². The van der Waals surface area contributed by atoms with Gasteiger partial charge in [0.05, 0.1) is 0 Å². The van der Waals surface area contributed by atoms with E-state index in [1.165, 1.54) is 37.7 Å². The van der Waals surface area contributed by atoms with Crippen LogP contribution < -0.4 is 10.6 Å². The largest absolute Gasteiger partial charge is 0.362 e. The normalized spacial score (nSPS) is 16.2. The van der Waals surface area contributed by atoms with E-state index >= 15 is 0 Å². The fourth-order valence-electron chi connectivity index (χ4n) is 3.61. The van der Waals surface area contributed by atoms with Gasteiger partial charge in [-0.2, -0.15) is 0 Å². The van der Waals surface area contributed by atoms with Gasteiger partial charge in [0.15, 0.2) is 5.11 Å². The van der Waals surface area contributed by atoms with Crippen LogP contribution in [-0.2, 0) is 5.41 Å².